The lowest BCUT2D eigenvalue weighted by atomic mass is 10.0. The highest BCUT2D eigenvalue weighted by Gasteiger charge is 2.20. The Morgan fingerprint density at radius 3 is 2.75 bits per heavy atom. The fraction of sp³-hybridized carbons (Fsp3) is 0.300. The predicted molar refractivity (Wildman–Crippen MR) is 50.0 cm³/mol. The molecule has 0 radical (unpaired) electrons. The van der Waals surface area contributed by atoms with Crippen molar-refractivity contribution in [1.82, 2.24) is 4.98 Å². The summed E-state index contributed by atoms with van der Waals surface area (Å²) in [6.07, 6.45) is -3.45. The molecular formula is C10H8F2N2O2. The lowest BCUT2D eigenvalue weighted by Gasteiger charge is -2.09. The molecule has 4 nitrogen and oxygen atoms in total. The van der Waals surface area contributed by atoms with Crippen LogP contribution in [-0.4, -0.2) is 16.1 Å². The van der Waals surface area contributed by atoms with Crippen molar-refractivity contribution in [2.24, 2.45) is 0 Å². The number of pyridine rings is 1. The maximum absolute atomic E-state index is 12.6. The second kappa shape index (κ2) is 4.66. The van der Waals surface area contributed by atoms with Gasteiger partial charge in [-0.15, -0.1) is 0 Å². The molecule has 1 rings (SSSR count). The highest BCUT2D eigenvalue weighted by Crippen LogP contribution is 2.25. The predicted octanol–water partition coefficient (Wildman–Crippen LogP) is 1.83. The third-order valence-corrected chi connectivity index (χ3v) is 1.96. The number of halogens is 2. The molecule has 1 heterocycles. The van der Waals surface area contributed by atoms with Crippen molar-refractivity contribution in [3.63, 3.8) is 0 Å². The average molecular weight is 226 g/mol. The van der Waals surface area contributed by atoms with Gasteiger partial charge in [0.2, 0.25) is 0 Å². The van der Waals surface area contributed by atoms with E-state index in [1.165, 1.54) is 6.92 Å². The number of carboxylic acid groups (broad SMARTS) is 1. The third-order valence-electron chi connectivity index (χ3n) is 1.96. The maximum Gasteiger partial charge on any atom is 0.307 e. The molecule has 0 spiro atoms. The molecule has 0 aliphatic carbocycles. The fourth-order valence-corrected chi connectivity index (χ4v) is 1.35. The molecule has 0 amide bonds. The van der Waals surface area contributed by atoms with E-state index in [1.54, 1.807) is 6.07 Å². The Morgan fingerprint density at radius 2 is 2.31 bits per heavy atom. The number of alkyl halides is 2. The molecular weight excluding hydrogens is 218 g/mol. The standard InChI is InChI=1S/C10H8F2N2O2/c1-5-2-7(10(11)12)6(3-9(15)16)8(4-13)14-5/h2,10H,3H2,1H3,(H,15,16). The van der Waals surface area contributed by atoms with Gasteiger partial charge in [-0.1, -0.05) is 0 Å². The van der Waals surface area contributed by atoms with Gasteiger partial charge in [0.25, 0.3) is 6.43 Å². The molecule has 1 aromatic heterocycles. The second-order valence-electron chi connectivity index (χ2n) is 3.16. The summed E-state index contributed by atoms with van der Waals surface area (Å²) in [4.78, 5) is 14.2. The second-order valence-corrected chi connectivity index (χ2v) is 3.16. The minimum absolute atomic E-state index is 0.212. The third kappa shape index (κ3) is 2.51. The zero-order chi connectivity index (χ0) is 12.3. The van der Waals surface area contributed by atoms with Gasteiger partial charge in [-0.2, -0.15) is 5.26 Å². The van der Waals surface area contributed by atoms with Crippen LogP contribution in [0.4, 0.5) is 8.78 Å². The Kier molecular flexibility index (Phi) is 3.51. The van der Waals surface area contributed by atoms with Gasteiger partial charge in [-0.3, -0.25) is 4.79 Å². The fourth-order valence-electron chi connectivity index (χ4n) is 1.35. The molecule has 1 N–H and O–H groups in total. The molecule has 0 bridgehead atoms. The highest BCUT2D eigenvalue weighted by molar-refractivity contribution is 5.71. The molecule has 0 aliphatic heterocycles. The van der Waals surface area contributed by atoms with E-state index >= 15 is 0 Å². The molecule has 6 heteroatoms. The number of aryl methyl sites for hydroxylation is 1. The first-order valence-corrected chi connectivity index (χ1v) is 4.36. The molecule has 0 unspecified atom stereocenters. The number of carboxylic acids is 1. The molecule has 16 heavy (non-hydrogen) atoms. The molecule has 0 aromatic carbocycles. The van der Waals surface area contributed by atoms with Crippen molar-refractivity contribution in [3.8, 4) is 6.07 Å². The normalized spacial score (nSPS) is 10.2. The van der Waals surface area contributed by atoms with Crippen LogP contribution in [0.5, 0.6) is 0 Å². The number of nitrogens with zero attached hydrogens (tertiary/aromatic N) is 2. The zero-order valence-corrected chi connectivity index (χ0v) is 8.37. The van der Waals surface area contributed by atoms with Crippen LogP contribution in [0.25, 0.3) is 0 Å². The first kappa shape index (κ1) is 12.0. The lowest BCUT2D eigenvalue weighted by Crippen LogP contribution is -2.09. The van der Waals surface area contributed by atoms with Gasteiger partial charge in [0, 0.05) is 16.8 Å². The quantitative estimate of drug-likeness (QED) is 0.853. The smallest absolute Gasteiger partial charge is 0.307 e. The van der Waals surface area contributed by atoms with Gasteiger partial charge in [-0.25, -0.2) is 13.8 Å². The number of hydrogen-bond donors (Lipinski definition) is 1. The van der Waals surface area contributed by atoms with Crippen molar-refractivity contribution in [2.75, 3.05) is 0 Å². The number of hydrogen-bond acceptors (Lipinski definition) is 3. The highest BCUT2D eigenvalue weighted by atomic mass is 19.3. The Balaban J connectivity index is 3.40. The zero-order valence-electron chi connectivity index (χ0n) is 8.37. The first-order valence-electron chi connectivity index (χ1n) is 4.36. The van der Waals surface area contributed by atoms with E-state index < -0.39 is 24.4 Å². The van der Waals surface area contributed by atoms with E-state index in [0.29, 0.717) is 0 Å². The molecule has 0 aliphatic rings. The minimum atomic E-state index is -2.82. The van der Waals surface area contributed by atoms with Crippen LogP contribution in [0.3, 0.4) is 0 Å². The van der Waals surface area contributed by atoms with E-state index in [-0.39, 0.29) is 17.0 Å². The molecule has 0 fully saturated rings. The van der Waals surface area contributed by atoms with E-state index in [0.717, 1.165) is 6.07 Å². The lowest BCUT2D eigenvalue weighted by molar-refractivity contribution is -0.136. The summed E-state index contributed by atoms with van der Waals surface area (Å²) in [6, 6.07) is 2.73. The van der Waals surface area contributed by atoms with Gasteiger partial charge in [0.05, 0.1) is 6.42 Å². The van der Waals surface area contributed by atoms with Crippen LogP contribution < -0.4 is 0 Å². The molecule has 0 saturated carbocycles. The summed E-state index contributed by atoms with van der Waals surface area (Å²) in [5.41, 5.74) is -0.638. The summed E-state index contributed by atoms with van der Waals surface area (Å²) < 4.78 is 25.3. The van der Waals surface area contributed by atoms with Crippen LogP contribution in [0.1, 0.15) is 28.9 Å². The van der Waals surface area contributed by atoms with E-state index in [2.05, 4.69) is 4.98 Å². The van der Waals surface area contributed by atoms with Crippen LogP contribution in [0.2, 0.25) is 0 Å². The van der Waals surface area contributed by atoms with Crippen molar-refractivity contribution in [2.45, 2.75) is 19.8 Å². The number of aromatic nitrogens is 1. The Hall–Kier alpha value is -2.03. The minimum Gasteiger partial charge on any atom is -0.481 e. The van der Waals surface area contributed by atoms with Crippen molar-refractivity contribution in [3.05, 3.63) is 28.6 Å². The monoisotopic (exact) mass is 226 g/mol. The van der Waals surface area contributed by atoms with E-state index in [9.17, 15) is 13.6 Å². The molecule has 0 atom stereocenters. The van der Waals surface area contributed by atoms with Crippen LogP contribution in [0.15, 0.2) is 6.07 Å². The molecule has 1 aromatic rings. The maximum atomic E-state index is 12.6. The van der Waals surface area contributed by atoms with Crippen molar-refractivity contribution in [1.29, 1.82) is 5.26 Å². The Bertz CT molecular complexity index is 467. The summed E-state index contributed by atoms with van der Waals surface area (Å²) in [7, 11) is 0. The van der Waals surface area contributed by atoms with Crippen molar-refractivity contribution < 1.29 is 18.7 Å². The number of aliphatic carboxylic acids is 1. The summed E-state index contributed by atoms with van der Waals surface area (Å²) in [6.45, 7) is 1.47. The molecule has 84 valence electrons. The summed E-state index contributed by atoms with van der Waals surface area (Å²) >= 11 is 0. The SMILES string of the molecule is Cc1cc(C(F)F)c(CC(=O)O)c(C#N)n1. The van der Waals surface area contributed by atoms with E-state index in [1.807, 2.05) is 0 Å². The summed E-state index contributed by atoms with van der Waals surface area (Å²) in [5, 5.41) is 17.3. The largest absolute Gasteiger partial charge is 0.481 e. The van der Waals surface area contributed by atoms with Gasteiger partial charge in [0.15, 0.2) is 0 Å². The first-order chi connectivity index (χ1) is 7.45. The number of carbonyl (C=O) groups is 1. The number of nitriles is 1. The average Bonchev–Trinajstić information content (AvgIpc) is 2.19. The van der Waals surface area contributed by atoms with Crippen molar-refractivity contribution >= 4 is 5.97 Å². The van der Waals surface area contributed by atoms with Crippen LogP contribution >= 0.6 is 0 Å². The Labute approximate surface area is 90.2 Å². The molecule has 0 saturated heterocycles. The van der Waals surface area contributed by atoms with Crippen LogP contribution in [-0.2, 0) is 11.2 Å². The van der Waals surface area contributed by atoms with Crippen LogP contribution in [0, 0.1) is 18.3 Å². The number of rotatable bonds is 3. The van der Waals surface area contributed by atoms with Gasteiger partial charge < -0.3 is 5.11 Å². The van der Waals surface area contributed by atoms with E-state index in [4.69, 9.17) is 10.4 Å². The van der Waals surface area contributed by atoms with Gasteiger partial charge in [-0.05, 0) is 13.0 Å². The van der Waals surface area contributed by atoms with Gasteiger partial charge in [0.1, 0.15) is 11.8 Å². The van der Waals surface area contributed by atoms with Gasteiger partial charge >= 0.3 is 5.97 Å². The summed E-state index contributed by atoms with van der Waals surface area (Å²) in [5.74, 6) is -1.27. The Morgan fingerprint density at radius 1 is 1.69 bits per heavy atom. The topological polar surface area (TPSA) is 74.0 Å².